The number of carbonyl (C=O) groups excluding carboxylic acids is 1. The SMILES string of the molecule is Cc1nn(-c2ccc(Cl)cc2)c(C)c1CC(=O)NCCCN.Cl. The molecular weight excluding hydrogens is 335 g/mol. The molecule has 0 saturated carbocycles. The molecule has 0 fully saturated rings. The van der Waals surface area contributed by atoms with Crippen LogP contribution in [0.3, 0.4) is 0 Å². The molecule has 0 saturated heterocycles. The summed E-state index contributed by atoms with van der Waals surface area (Å²) in [7, 11) is 0. The van der Waals surface area contributed by atoms with Crippen LogP contribution in [0.5, 0.6) is 0 Å². The lowest BCUT2D eigenvalue weighted by atomic mass is 10.1. The van der Waals surface area contributed by atoms with Gasteiger partial charge in [0.05, 0.1) is 17.8 Å². The fourth-order valence-corrected chi connectivity index (χ4v) is 2.44. The summed E-state index contributed by atoms with van der Waals surface area (Å²) < 4.78 is 1.84. The predicted octanol–water partition coefficient (Wildman–Crippen LogP) is 2.57. The van der Waals surface area contributed by atoms with Gasteiger partial charge in [-0.1, -0.05) is 11.6 Å². The fraction of sp³-hybridized carbons (Fsp3) is 0.375. The Morgan fingerprint density at radius 1 is 1.30 bits per heavy atom. The number of nitrogens with zero attached hydrogens (tertiary/aromatic N) is 2. The first-order valence-electron chi connectivity index (χ1n) is 7.30. The molecule has 2 rings (SSSR count). The van der Waals surface area contributed by atoms with Crippen LogP contribution in [0, 0.1) is 13.8 Å². The smallest absolute Gasteiger partial charge is 0.224 e. The summed E-state index contributed by atoms with van der Waals surface area (Å²) in [6.07, 6.45) is 1.11. The molecule has 2 aromatic rings. The summed E-state index contributed by atoms with van der Waals surface area (Å²) in [5, 5.41) is 8.09. The topological polar surface area (TPSA) is 72.9 Å². The molecule has 7 heteroatoms. The van der Waals surface area contributed by atoms with Crippen molar-refractivity contribution in [2.24, 2.45) is 5.73 Å². The van der Waals surface area contributed by atoms with Crippen molar-refractivity contribution in [3.8, 4) is 5.69 Å². The molecule has 0 bridgehead atoms. The molecule has 1 heterocycles. The Balaban J connectivity index is 0.00000264. The molecular formula is C16H22Cl2N4O. The van der Waals surface area contributed by atoms with E-state index in [0.29, 0.717) is 24.5 Å². The number of aryl methyl sites for hydroxylation is 1. The van der Waals surface area contributed by atoms with Crippen LogP contribution in [0.1, 0.15) is 23.4 Å². The zero-order chi connectivity index (χ0) is 16.1. The first kappa shape index (κ1) is 19.5. The molecule has 0 atom stereocenters. The fourth-order valence-electron chi connectivity index (χ4n) is 2.32. The molecule has 3 N–H and O–H groups in total. The highest BCUT2D eigenvalue weighted by Crippen LogP contribution is 2.20. The minimum absolute atomic E-state index is 0. The molecule has 1 aromatic carbocycles. The second kappa shape index (κ2) is 8.91. The normalized spacial score (nSPS) is 10.3. The number of benzene rings is 1. The van der Waals surface area contributed by atoms with Gasteiger partial charge in [-0.2, -0.15) is 5.10 Å². The van der Waals surface area contributed by atoms with E-state index in [1.807, 2.05) is 42.8 Å². The summed E-state index contributed by atoms with van der Waals surface area (Å²) in [6.45, 7) is 5.07. The highest BCUT2D eigenvalue weighted by molar-refractivity contribution is 6.30. The van der Waals surface area contributed by atoms with Crippen molar-refractivity contribution in [3.05, 3.63) is 46.2 Å². The lowest BCUT2D eigenvalue weighted by Gasteiger charge is -2.06. The summed E-state index contributed by atoms with van der Waals surface area (Å²) in [5.41, 5.74) is 9.14. The van der Waals surface area contributed by atoms with E-state index in [9.17, 15) is 4.79 Å². The number of rotatable bonds is 6. The van der Waals surface area contributed by atoms with E-state index in [0.717, 1.165) is 29.1 Å². The Morgan fingerprint density at radius 2 is 1.96 bits per heavy atom. The summed E-state index contributed by atoms with van der Waals surface area (Å²) >= 11 is 5.91. The van der Waals surface area contributed by atoms with Gasteiger partial charge in [-0.15, -0.1) is 12.4 Å². The quantitative estimate of drug-likeness (QED) is 0.781. The van der Waals surface area contributed by atoms with Crippen LogP contribution in [0.2, 0.25) is 5.02 Å². The Labute approximate surface area is 147 Å². The van der Waals surface area contributed by atoms with Crippen molar-refractivity contribution in [1.82, 2.24) is 15.1 Å². The van der Waals surface area contributed by atoms with Crippen molar-refractivity contribution in [2.45, 2.75) is 26.7 Å². The average Bonchev–Trinajstić information content (AvgIpc) is 2.76. The maximum atomic E-state index is 12.0. The van der Waals surface area contributed by atoms with Gasteiger partial charge in [0.25, 0.3) is 0 Å². The van der Waals surface area contributed by atoms with Crippen molar-refractivity contribution in [1.29, 1.82) is 0 Å². The number of aromatic nitrogens is 2. The minimum Gasteiger partial charge on any atom is -0.356 e. The van der Waals surface area contributed by atoms with Crippen molar-refractivity contribution in [3.63, 3.8) is 0 Å². The molecule has 0 aliphatic carbocycles. The van der Waals surface area contributed by atoms with Crippen LogP contribution >= 0.6 is 24.0 Å². The molecule has 1 amide bonds. The average molecular weight is 357 g/mol. The van der Waals surface area contributed by atoms with Crippen LogP contribution in [0.4, 0.5) is 0 Å². The molecule has 0 spiro atoms. The molecule has 0 aliphatic heterocycles. The summed E-state index contributed by atoms with van der Waals surface area (Å²) in [4.78, 5) is 12.0. The number of hydrogen-bond acceptors (Lipinski definition) is 3. The van der Waals surface area contributed by atoms with Crippen LogP contribution in [-0.4, -0.2) is 28.8 Å². The molecule has 1 aromatic heterocycles. The van der Waals surface area contributed by atoms with E-state index >= 15 is 0 Å². The third-order valence-corrected chi connectivity index (χ3v) is 3.80. The Bertz CT molecular complexity index is 653. The molecule has 0 unspecified atom stereocenters. The highest BCUT2D eigenvalue weighted by atomic mass is 35.5. The summed E-state index contributed by atoms with van der Waals surface area (Å²) in [5.74, 6) is -0.00435. The van der Waals surface area contributed by atoms with Crippen LogP contribution in [0.25, 0.3) is 5.69 Å². The predicted molar refractivity (Wildman–Crippen MR) is 95.7 cm³/mol. The van der Waals surface area contributed by atoms with Crippen LogP contribution in [-0.2, 0) is 11.2 Å². The molecule has 0 radical (unpaired) electrons. The first-order valence-corrected chi connectivity index (χ1v) is 7.68. The number of carbonyl (C=O) groups is 1. The number of nitrogens with two attached hydrogens (primary N) is 1. The number of nitrogens with one attached hydrogen (secondary N) is 1. The molecule has 5 nitrogen and oxygen atoms in total. The zero-order valence-corrected chi connectivity index (χ0v) is 14.9. The van der Waals surface area contributed by atoms with Gasteiger partial charge in [-0.25, -0.2) is 4.68 Å². The van der Waals surface area contributed by atoms with E-state index < -0.39 is 0 Å². The second-order valence-corrected chi connectivity index (χ2v) is 5.64. The van der Waals surface area contributed by atoms with Crippen molar-refractivity contribution >= 4 is 29.9 Å². The maximum Gasteiger partial charge on any atom is 0.224 e. The Kier molecular flexibility index (Phi) is 7.55. The number of amides is 1. The van der Waals surface area contributed by atoms with Gasteiger partial charge in [-0.3, -0.25) is 4.79 Å². The largest absolute Gasteiger partial charge is 0.356 e. The van der Waals surface area contributed by atoms with Crippen molar-refractivity contribution in [2.75, 3.05) is 13.1 Å². The van der Waals surface area contributed by atoms with Gasteiger partial charge in [0, 0.05) is 22.8 Å². The first-order chi connectivity index (χ1) is 10.5. The third kappa shape index (κ3) is 4.96. The van der Waals surface area contributed by atoms with Gasteiger partial charge in [0.2, 0.25) is 5.91 Å². The van der Waals surface area contributed by atoms with Gasteiger partial charge in [0.1, 0.15) is 0 Å². The van der Waals surface area contributed by atoms with E-state index in [2.05, 4.69) is 10.4 Å². The lowest BCUT2D eigenvalue weighted by molar-refractivity contribution is -0.120. The number of hydrogen-bond donors (Lipinski definition) is 2. The maximum absolute atomic E-state index is 12.0. The zero-order valence-electron chi connectivity index (χ0n) is 13.3. The van der Waals surface area contributed by atoms with Crippen LogP contribution < -0.4 is 11.1 Å². The van der Waals surface area contributed by atoms with Gasteiger partial charge in [-0.05, 0) is 51.1 Å². The molecule has 0 aliphatic rings. The van der Waals surface area contributed by atoms with Crippen LogP contribution in [0.15, 0.2) is 24.3 Å². The Hall–Kier alpha value is -1.56. The lowest BCUT2D eigenvalue weighted by Crippen LogP contribution is -2.27. The van der Waals surface area contributed by atoms with E-state index in [1.165, 1.54) is 0 Å². The Morgan fingerprint density at radius 3 is 2.57 bits per heavy atom. The van der Waals surface area contributed by atoms with Crippen molar-refractivity contribution < 1.29 is 4.79 Å². The summed E-state index contributed by atoms with van der Waals surface area (Å²) in [6, 6.07) is 7.47. The minimum atomic E-state index is -0.00435. The van der Waals surface area contributed by atoms with Gasteiger partial charge < -0.3 is 11.1 Å². The number of halogens is 2. The second-order valence-electron chi connectivity index (χ2n) is 5.21. The van der Waals surface area contributed by atoms with E-state index in [-0.39, 0.29) is 18.3 Å². The third-order valence-electron chi connectivity index (χ3n) is 3.55. The molecule has 126 valence electrons. The van der Waals surface area contributed by atoms with Gasteiger partial charge in [0.15, 0.2) is 0 Å². The van der Waals surface area contributed by atoms with E-state index in [1.54, 1.807) is 0 Å². The molecule has 23 heavy (non-hydrogen) atoms. The van der Waals surface area contributed by atoms with E-state index in [4.69, 9.17) is 17.3 Å². The monoisotopic (exact) mass is 356 g/mol. The highest BCUT2D eigenvalue weighted by Gasteiger charge is 2.15. The van der Waals surface area contributed by atoms with Gasteiger partial charge >= 0.3 is 0 Å². The standard InChI is InChI=1S/C16H21ClN4O.ClH/c1-11-15(10-16(22)19-9-3-8-18)12(2)21(20-11)14-6-4-13(17)5-7-14;/h4-7H,3,8-10,18H2,1-2H3,(H,19,22);1H.